The van der Waals surface area contributed by atoms with Crippen molar-refractivity contribution >= 4 is 21.8 Å². The highest BCUT2D eigenvalue weighted by molar-refractivity contribution is 7.89. The third-order valence-electron chi connectivity index (χ3n) is 8.48. The molecule has 7 nitrogen and oxygen atoms in total. The Morgan fingerprint density at radius 2 is 1.60 bits per heavy atom. The largest absolute Gasteiger partial charge is 0.354 e. The average Bonchev–Trinajstić information content (AvgIpc) is 2.80. The van der Waals surface area contributed by atoms with Gasteiger partial charge in [0.05, 0.1) is 4.90 Å². The summed E-state index contributed by atoms with van der Waals surface area (Å²) in [6, 6.07) is 5.37. The molecule has 2 N–H and O–H groups in total. The van der Waals surface area contributed by atoms with E-state index in [9.17, 15) is 18.0 Å². The summed E-state index contributed by atoms with van der Waals surface area (Å²) in [5.41, 5.74) is 0.459. The first-order valence-corrected chi connectivity index (χ1v) is 14.7. The van der Waals surface area contributed by atoms with Gasteiger partial charge in [0.15, 0.2) is 0 Å². The van der Waals surface area contributed by atoms with Crippen molar-refractivity contribution in [2.24, 2.45) is 29.1 Å². The van der Waals surface area contributed by atoms with Crippen LogP contribution in [-0.4, -0.2) is 50.2 Å². The number of carbonyl (C=O) groups excluding carboxylic acids is 2. The fraction of sp³-hybridized carbons (Fsp3) is 0.704. The number of rotatable bonds is 10. The maximum absolute atomic E-state index is 13.2. The Morgan fingerprint density at radius 1 is 1.03 bits per heavy atom. The maximum atomic E-state index is 13.2. The molecule has 4 fully saturated rings. The van der Waals surface area contributed by atoms with Crippen molar-refractivity contribution in [3.05, 3.63) is 29.8 Å². The van der Waals surface area contributed by atoms with Crippen molar-refractivity contribution in [2.45, 2.75) is 77.2 Å². The molecule has 1 aromatic rings. The van der Waals surface area contributed by atoms with Crippen molar-refractivity contribution in [1.29, 1.82) is 0 Å². The molecule has 4 saturated carbocycles. The molecule has 4 aliphatic carbocycles. The monoisotopic (exact) mass is 503 g/mol. The molecule has 0 saturated heterocycles. The van der Waals surface area contributed by atoms with Gasteiger partial charge >= 0.3 is 0 Å². The third kappa shape index (κ3) is 5.43. The zero-order valence-corrected chi connectivity index (χ0v) is 22.4. The van der Waals surface area contributed by atoms with Crippen LogP contribution in [0.15, 0.2) is 29.2 Å². The molecule has 35 heavy (non-hydrogen) atoms. The Kier molecular flexibility index (Phi) is 7.62. The van der Waals surface area contributed by atoms with Gasteiger partial charge in [-0.2, -0.15) is 4.31 Å². The number of sulfonamides is 1. The van der Waals surface area contributed by atoms with Crippen LogP contribution < -0.4 is 10.6 Å². The molecule has 0 spiro atoms. The lowest BCUT2D eigenvalue weighted by molar-refractivity contribution is -0.126. The predicted molar refractivity (Wildman–Crippen MR) is 136 cm³/mol. The molecule has 1 atom stereocenters. The second-order valence-electron chi connectivity index (χ2n) is 11.4. The summed E-state index contributed by atoms with van der Waals surface area (Å²) in [6.45, 7) is 8.79. The van der Waals surface area contributed by atoms with E-state index in [2.05, 4.69) is 10.6 Å². The first kappa shape index (κ1) is 26.1. The minimum absolute atomic E-state index is 0.0845. The lowest BCUT2D eigenvalue weighted by atomic mass is 9.49. The van der Waals surface area contributed by atoms with E-state index < -0.39 is 22.0 Å². The number of benzene rings is 1. The van der Waals surface area contributed by atoms with E-state index in [1.165, 1.54) is 55.0 Å². The van der Waals surface area contributed by atoms with Gasteiger partial charge in [-0.3, -0.25) is 9.59 Å². The van der Waals surface area contributed by atoms with Crippen LogP contribution in [0.5, 0.6) is 0 Å². The summed E-state index contributed by atoms with van der Waals surface area (Å²) in [7, 11) is -3.68. The van der Waals surface area contributed by atoms with Gasteiger partial charge in [0.1, 0.15) is 6.04 Å². The molecule has 0 aromatic heterocycles. The molecule has 4 bridgehead atoms. The first-order chi connectivity index (χ1) is 16.6. The summed E-state index contributed by atoms with van der Waals surface area (Å²) >= 11 is 0. The van der Waals surface area contributed by atoms with Crippen LogP contribution >= 0.6 is 0 Å². The summed E-state index contributed by atoms with van der Waals surface area (Å²) in [6.07, 6.45) is 7.73. The number of carbonyl (C=O) groups is 2. The second kappa shape index (κ2) is 10.2. The van der Waals surface area contributed by atoms with E-state index in [-0.39, 0.29) is 27.7 Å². The average molecular weight is 504 g/mol. The molecule has 5 rings (SSSR count). The van der Waals surface area contributed by atoms with Crippen LogP contribution in [0.1, 0.15) is 76.6 Å². The second-order valence-corrected chi connectivity index (χ2v) is 13.4. The standard InChI is InChI=1S/C27H41N3O4S/c1-5-30(6-2)35(33,34)23-9-7-8-22(13-23)25(31)29-24(18(3)4)26(32)28-17-27-14-19-10-20(15-27)12-21(11-19)16-27/h7-9,13,18-21,24H,5-6,10-12,14-17H2,1-4H3,(H,28,32)(H,29,31). The van der Waals surface area contributed by atoms with Gasteiger partial charge in [-0.15, -0.1) is 0 Å². The molecule has 1 unspecified atom stereocenters. The highest BCUT2D eigenvalue weighted by Gasteiger charge is 2.50. The van der Waals surface area contributed by atoms with Crippen LogP contribution in [0.3, 0.4) is 0 Å². The van der Waals surface area contributed by atoms with Crippen LogP contribution in [0.2, 0.25) is 0 Å². The van der Waals surface area contributed by atoms with Crippen LogP contribution in [0.4, 0.5) is 0 Å². The van der Waals surface area contributed by atoms with Crippen molar-refractivity contribution in [3.8, 4) is 0 Å². The number of nitrogens with zero attached hydrogens (tertiary/aromatic N) is 1. The lowest BCUT2D eigenvalue weighted by Gasteiger charge is -2.57. The highest BCUT2D eigenvalue weighted by Crippen LogP contribution is 2.59. The van der Waals surface area contributed by atoms with E-state index in [4.69, 9.17) is 0 Å². The van der Waals surface area contributed by atoms with E-state index >= 15 is 0 Å². The smallest absolute Gasteiger partial charge is 0.251 e. The summed E-state index contributed by atoms with van der Waals surface area (Å²) in [5, 5.41) is 6.06. The molecule has 194 valence electrons. The Hall–Kier alpha value is -1.93. The number of hydrogen-bond donors (Lipinski definition) is 2. The normalized spacial score (nSPS) is 28.3. The van der Waals surface area contributed by atoms with E-state index in [0.717, 1.165) is 17.8 Å². The summed E-state index contributed by atoms with van der Waals surface area (Å²) < 4.78 is 27.1. The van der Waals surface area contributed by atoms with E-state index in [0.29, 0.717) is 19.6 Å². The molecule has 1 aromatic carbocycles. The molecular formula is C27H41N3O4S. The predicted octanol–water partition coefficient (Wildman–Crippen LogP) is 3.80. The molecule has 4 aliphatic rings. The number of nitrogens with one attached hydrogen (secondary N) is 2. The molecule has 0 heterocycles. The quantitative estimate of drug-likeness (QED) is 0.508. The fourth-order valence-corrected chi connectivity index (χ4v) is 8.67. The van der Waals surface area contributed by atoms with Crippen molar-refractivity contribution < 1.29 is 18.0 Å². The minimum atomic E-state index is -3.68. The van der Waals surface area contributed by atoms with Crippen LogP contribution in [0, 0.1) is 29.1 Å². The topological polar surface area (TPSA) is 95.6 Å². The van der Waals surface area contributed by atoms with Gasteiger partial charge in [-0.25, -0.2) is 8.42 Å². The van der Waals surface area contributed by atoms with Gasteiger partial charge in [-0.1, -0.05) is 33.8 Å². The highest BCUT2D eigenvalue weighted by atomic mass is 32.2. The van der Waals surface area contributed by atoms with E-state index in [1.54, 1.807) is 26.0 Å². The first-order valence-electron chi connectivity index (χ1n) is 13.3. The molecule has 8 heteroatoms. The van der Waals surface area contributed by atoms with E-state index in [1.807, 2.05) is 13.8 Å². The Labute approximate surface area is 210 Å². The van der Waals surface area contributed by atoms with Gasteiger partial charge in [0.2, 0.25) is 15.9 Å². The summed E-state index contributed by atoms with van der Waals surface area (Å²) in [5.74, 6) is 1.76. The molecule has 0 radical (unpaired) electrons. The van der Waals surface area contributed by atoms with Crippen molar-refractivity contribution in [3.63, 3.8) is 0 Å². The fourth-order valence-electron chi connectivity index (χ4n) is 7.16. The van der Waals surface area contributed by atoms with Gasteiger partial charge in [-0.05, 0) is 85.8 Å². The lowest BCUT2D eigenvalue weighted by Crippen LogP contribution is -2.55. The Balaban J connectivity index is 1.42. The molecule has 2 amide bonds. The molecular weight excluding hydrogens is 462 g/mol. The zero-order chi connectivity index (χ0) is 25.4. The van der Waals surface area contributed by atoms with Gasteiger partial charge < -0.3 is 10.6 Å². The Morgan fingerprint density at radius 3 is 2.11 bits per heavy atom. The van der Waals surface area contributed by atoms with Crippen molar-refractivity contribution in [2.75, 3.05) is 19.6 Å². The van der Waals surface area contributed by atoms with Gasteiger partial charge in [0.25, 0.3) is 5.91 Å². The third-order valence-corrected chi connectivity index (χ3v) is 10.5. The Bertz CT molecular complexity index is 1010. The van der Waals surface area contributed by atoms with Gasteiger partial charge in [0, 0.05) is 25.2 Å². The summed E-state index contributed by atoms with van der Waals surface area (Å²) in [4.78, 5) is 26.4. The maximum Gasteiger partial charge on any atom is 0.251 e. The zero-order valence-electron chi connectivity index (χ0n) is 21.5. The van der Waals surface area contributed by atoms with Crippen molar-refractivity contribution in [1.82, 2.24) is 14.9 Å². The number of hydrogen-bond acceptors (Lipinski definition) is 4. The van der Waals surface area contributed by atoms with Crippen LogP contribution in [-0.2, 0) is 14.8 Å². The number of amides is 2. The minimum Gasteiger partial charge on any atom is -0.354 e. The van der Waals surface area contributed by atoms with Crippen LogP contribution in [0.25, 0.3) is 0 Å². The molecule has 0 aliphatic heterocycles. The SMILES string of the molecule is CCN(CC)S(=O)(=O)c1cccc(C(=O)NC(C(=O)NCC23CC4CC(CC(C4)C2)C3)C(C)C)c1.